The molecule has 0 spiro atoms. The van der Waals surface area contributed by atoms with Crippen molar-refractivity contribution >= 4 is 34.1 Å². The minimum Gasteiger partial charge on any atom is -0.302 e. The quantitative estimate of drug-likeness (QED) is 0.849. The van der Waals surface area contributed by atoms with Gasteiger partial charge in [-0.1, -0.05) is 17.4 Å². The molecule has 1 aromatic carbocycles. The average Bonchev–Trinajstić information content (AvgIpc) is 3.20. The lowest BCUT2D eigenvalue weighted by molar-refractivity contribution is -0.117. The summed E-state index contributed by atoms with van der Waals surface area (Å²) in [5.74, 6) is -2.10. The van der Waals surface area contributed by atoms with Crippen LogP contribution in [-0.4, -0.2) is 17.1 Å². The molecule has 116 valence electrons. The predicted octanol–water partition coefficient (Wildman–Crippen LogP) is 4.19. The maximum atomic E-state index is 13.2. The maximum Gasteiger partial charge on any atom is 0.229 e. The molecule has 3 nitrogen and oxygen atoms in total. The lowest BCUT2D eigenvalue weighted by Crippen LogP contribution is -2.14. The Labute approximate surface area is 135 Å². The number of carbonyl (C=O) groups excluding carboxylic acids is 1. The Balaban J connectivity index is 1.66. The van der Waals surface area contributed by atoms with Gasteiger partial charge in [-0.3, -0.25) is 4.79 Å². The van der Waals surface area contributed by atoms with Crippen molar-refractivity contribution in [2.45, 2.75) is 23.5 Å². The number of aryl methyl sites for hydroxylation is 1. The average molecular weight is 340 g/mol. The summed E-state index contributed by atoms with van der Waals surface area (Å²) in [5, 5.41) is 3.40. The Bertz CT molecular complexity index is 732. The molecule has 0 radical (unpaired) electrons. The summed E-state index contributed by atoms with van der Waals surface area (Å²) in [6.07, 6.45) is 2.61. The van der Waals surface area contributed by atoms with Crippen LogP contribution < -0.4 is 5.32 Å². The molecule has 22 heavy (non-hydrogen) atoms. The number of hydrogen-bond acceptors (Lipinski definition) is 4. The van der Waals surface area contributed by atoms with Gasteiger partial charge in [0.1, 0.15) is 0 Å². The van der Waals surface area contributed by atoms with Gasteiger partial charge < -0.3 is 5.32 Å². The molecule has 2 unspecified atom stereocenters. The highest BCUT2D eigenvalue weighted by atomic mass is 32.2. The van der Waals surface area contributed by atoms with E-state index in [0.717, 1.165) is 16.0 Å². The first kappa shape index (κ1) is 15.4. The fourth-order valence-corrected chi connectivity index (χ4v) is 4.03. The molecular formula is C15H14F2N2OS2. The summed E-state index contributed by atoms with van der Waals surface area (Å²) in [6.45, 7) is 1.90. The second kappa shape index (κ2) is 5.96. The van der Waals surface area contributed by atoms with E-state index >= 15 is 0 Å². The molecule has 1 amide bonds. The summed E-state index contributed by atoms with van der Waals surface area (Å²) in [5.41, 5.74) is 1.57. The number of thioether (sulfide) groups is 1. The molecule has 2 aromatic rings. The molecule has 0 aliphatic heterocycles. The van der Waals surface area contributed by atoms with Crippen LogP contribution in [-0.2, 0) is 4.79 Å². The number of aromatic nitrogens is 1. The van der Waals surface area contributed by atoms with Crippen LogP contribution in [0.2, 0.25) is 0 Å². The molecule has 1 heterocycles. The summed E-state index contributed by atoms with van der Waals surface area (Å²) in [6, 6.07) is 3.81. The van der Waals surface area contributed by atoms with Crippen LogP contribution in [0.25, 0.3) is 0 Å². The second-order valence-corrected chi connectivity index (χ2v) is 7.28. The van der Waals surface area contributed by atoms with Gasteiger partial charge in [-0.15, -0.1) is 11.8 Å². The third-order valence-corrected chi connectivity index (χ3v) is 5.95. The van der Waals surface area contributed by atoms with E-state index in [2.05, 4.69) is 10.3 Å². The molecule has 2 atom stereocenters. The molecule has 1 aliphatic rings. The van der Waals surface area contributed by atoms with Crippen LogP contribution in [0.1, 0.15) is 23.6 Å². The van der Waals surface area contributed by atoms with Gasteiger partial charge >= 0.3 is 0 Å². The fourth-order valence-electron chi connectivity index (χ4n) is 2.42. The van der Waals surface area contributed by atoms with Gasteiger partial charge in [0.2, 0.25) is 5.91 Å². The van der Waals surface area contributed by atoms with Crippen molar-refractivity contribution in [3.05, 3.63) is 41.1 Å². The number of nitrogens with one attached hydrogen (secondary N) is 1. The largest absolute Gasteiger partial charge is 0.302 e. The highest BCUT2D eigenvalue weighted by Crippen LogP contribution is 2.48. The zero-order chi connectivity index (χ0) is 15.9. The van der Waals surface area contributed by atoms with Gasteiger partial charge in [0.25, 0.3) is 0 Å². The SMILES string of the molecule is CSc1sc(NC(=O)C2CC2c2ccc(F)c(F)c2)nc1C. The normalized spacial score (nSPS) is 20.0. The summed E-state index contributed by atoms with van der Waals surface area (Å²) in [4.78, 5) is 16.5. The minimum atomic E-state index is -0.872. The van der Waals surface area contributed by atoms with E-state index in [1.165, 1.54) is 23.5 Å². The van der Waals surface area contributed by atoms with Gasteiger partial charge in [-0.25, -0.2) is 13.8 Å². The standard InChI is InChI=1S/C15H14F2N2OS2/c1-7-14(21-2)22-15(18-7)19-13(20)10-6-9(10)8-3-4-11(16)12(17)5-8/h3-5,9-10H,6H2,1-2H3,(H,18,19,20). The third kappa shape index (κ3) is 3.01. The zero-order valence-electron chi connectivity index (χ0n) is 12.0. The predicted molar refractivity (Wildman–Crippen MR) is 84.5 cm³/mol. The van der Waals surface area contributed by atoms with E-state index in [9.17, 15) is 13.6 Å². The van der Waals surface area contributed by atoms with Gasteiger partial charge in [-0.2, -0.15) is 0 Å². The molecule has 0 bridgehead atoms. The van der Waals surface area contributed by atoms with Crippen LogP contribution in [0, 0.1) is 24.5 Å². The number of rotatable bonds is 4. The fraction of sp³-hybridized carbons (Fsp3) is 0.333. The van der Waals surface area contributed by atoms with Crippen LogP contribution in [0.5, 0.6) is 0 Å². The second-order valence-electron chi connectivity index (χ2n) is 5.21. The zero-order valence-corrected chi connectivity index (χ0v) is 13.7. The first-order valence-corrected chi connectivity index (χ1v) is 8.81. The van der Waals surface area contributed by atoms with E-state index in [1.807, 2.05) is 13.2 Å². The van der Waals surface area contributed by atoms with E-state index < -0.39 is 11.6 Å². The van der Waals surface area contributed by atoms with Crippen molar-refractivity contribution in [3.63, 3.8) is 0 Å². The number of carbonyl (C=O) groups is 1. The van der Waals surface area contributed by atoms with E-state index in [1.54, 1.807) is 11.8 Å². The molecule has 1 aliphatic carbocycles. The van der Waals surface area contributed by atoms with Crippen molar-refractivity contribution in [1.29, 1.82) is 0 Å². The Morgan fingerprint density at radius 1 is 1.41 bits per heavy atom. The van der Waals surface area contributed by atoms with Gasteiger partial charge in [-0.05, 0) is 43.2 Å². The summed E-state index contributed by atoms with van der Waals surface area (Å²) < 4.78 is 27.3. The summed E-state index contributed by atoms with van der Waals surface area (Å²) >= 11 is 3.04. The van der Waals surface area contributed by atoms with Gasteiger partial charge in [0, 0.05) is 5.92 Å². The molecule has 1 aromatic heterocycles. The lowest BCUT2D eigenvalue weighted by Gasteiger charge is -2.02. The van der Waals surface area contributed by atoms with Crippen molar-refractivity contribution in [3.8, 4) is 0 Å². The third-order valence-electron chi connectivity index (χ3n) is 3.67. The van der Waals surface area contributed by atoms with Crippen LogP contribution in [0.3, 0.4) is 0 Å². The number of benzene rings is 1. The number of anilines is 1. The van der Waals surface area contributed by atoms with Crippen molar-refractivity contribution < 1.29 is 13.6 Å². The van der Waals surface area contributed by atoms with Crippen LogP contribution in [0.4, 0.5) is 13.9 Å². The Morgan fingerprint density at radius 3 is 2.82 bits per heavy atom. The Morgan fingerprint density at radius 2 is 2.18 bits per heavy atom. The smallest absolute Gasteiger partial charge is 0.229 e. The van der Waals surface area contributed by atoms with Crippen molar-refractivity contribution in [2.24, 2.45) is 5.92 Å². The molecule has 1 fully saturated rings. The summed E-state index contributed by atoms with van der Waals surface area (Å²) in [7, 11) is 0. The first-order valence-electron chi connectivity index (χ1n) is 6.77. The van der Waals surface area contributed by atoms with Gasteiger partial charge in [0.05, 0.1) is 9.90 Å². The van der Waals surface area contributed by atoms with E-state index in [-0.39, 0.29) is 17.7 Å². The van der Waals surface area contributed by atoms with Gasteiger partial charge in [0.15, 0.2) is 16.8 Å². The van der Waals surface area contributed by atoms with Crippen LogP contribution in [0.15, 0.2) is 22.4 Å². The molecule has 7 heteroatoms. The van der Waals surface area contributed by atoms with Crippen molar-refractivity contribution in [1.82, 2.24) is 4.98 Å². The molecular weight excluding hydrogens is 326 g/mol. The molecule has 1 N–H and O–H groups in total. The first-order chi connectivity index (χ1) is 10.5. The number of halogens is 2. The number of hydrogen-bond donors (Lipinski definition) is 1. The molecule has 3 rings (SSSR count). The van der Waals surface area contributed by atoms with Crippen LogP contribution >= 0.6 is 23.1 Å². The minimum absolute atomic E-state index is 0.0452. The highest BCUT2D eigenvalue weighted by molar-refractivity contribution is 8.00. The highest BCUT2D eigenvalue weighted by Gasteiger charge is 2.44. The molecule has 1 saturated carbocycles. The molecule has 0 saturated heterocycles. The lowest BCUT2D eigenvalue weighted by atomic mass is 10.1. The number of amides is 1. The number of thiazole rings is 1. The maximum absolute atomic E-state index is 13.2. The van der Waals surface area contributed by atoms with E-state index in [0.29, 0.717) is 17.1 Å². The monoisotopic (exact) mass is 340 g/mol. The van der Waals surface area contributed by atoms with E-state index in [4.69, 9.17) is 0 Å². The number of nitrogens with zero attached hydrogens (tertiary/aromatic N) is 1. The topological polar surface area (TPSA) is 42.0 Å². The Kier molecular flexibility index (Phi) is 4.18. The van der Waals surface area contributed by atoms with Crippen molar-refractivity contribution in [2.75, 3.05) is 11.6 Å². The Hall–Kier alpha value is -1.47.